The van der Waals surface area contributed by atoms with E-state index in [1.54, 1.807) is 24.3 Å². The van der Waals surface area contributed by atoms with Crippen LogP contribution in [-0.4, -0.2) is 22.4 Å². The number of aliphatic imine (C=N–C) groups is 1. The molecule has 1 N–H and O–H groups in total. The number of benzene rings is 1. The maximum atomic E-state index is 12.4. The van der Waals surface area contributed by atoms with E-state index in [4.69, 9.17) is 0 Å². The Balaban J connectivity index is 2.43. The number of hydrogen-bond acceptors (Lipinski definition) is 4. The van der Waals surface area contributed by atoms with E-state index in [9.17, 15) is 14.7 Å². The SMILES string of the molecule is CCCC(=O)C1C(=O)CC(C)(C)CC1=Nc1ccccc1O. The molecular formula is C18H23NO3. The van der Waals surface area contributed by atoms with Crippen molar-refractivity contribution in [2.75, 3.05) is 0 Å². The Morgan fingerprint density at radius 2 is 2.00 bits per heavy atom. The zero-order valence-corrected chi connectivity index (χ0v) is 13.4. The van der Waals surface area contributed by atoms with E-state index >= 15 is 0 Å². The first-order valence-electron chi connectivity index (χ1n) is 7.75. The van der Waals surface area contributed by atoms with E-state index in [1.165, 1.54) is 0 Å². The van der Waals surface area contributed by atoms with Crippen molar-refractivity contribution < 1.29 is 14.7 Å². The number of hydrogen-bond donors (Lipinski definition) is 1. The number of Topliss-reactive ketones (excluding diaryl/α,β-unsaturated/α-hetero) is 2. The molecule has 4 heteroatoms. The molecule has 1 saturated carbocycles. The van der Waals surface area contributed by atoms with Crippen molar-refractivity contribution in [1.82, 2.24) is 0 Å². The fourth-order valence-corrected chi connectivity index (χ4v) is 2.99. The third-order valence-corrected chi connectivity index (χ3v) is 3.93. The predicted molar refractivity (Wildman–Crippen MR) is 86.6 cm³/mol. The van der Waals surface area contributed by atoms with Crippen LogP contribution in [0.4, 0.5) is 5.69 Å². The molecule has 4 nitrogen and oxygen atoms in total. The highest BCUT2D eigenvalue weighted by molar-refractivity contribution is 6.23. The van der Waals surface area contributed by atoms with Gasteiger partial charge in [-0.05, 0) is 30.4 Å². The molecule has 1 fully saturated rings. The van der Waals surface area contributed by atoms with Crippen LogP contribution in [0, 0.1) is 11.3 Å². The molecule has 1 unspecified atom stereocenters. The Hall–Kier alpha value is -1.97. The van der Waals surface area contributed by atoms with Crippen molar-refractivity contribution in [2.24, 2.45) is 16.3 Å². The Morgan fingerprint density at radius 3 is 2.64 bits per heavy atom. The Labute approximate surface area is 131 Å². The van der Waals surface area contributed by atoms with Gasteiger partial charge in [-0.2, -0.15) is 0 Å². The second-order valence-corrected chi connectivity index (χ2v) is 6.73. The van der Waals surface area contributed by atoms with E-state index in [1.807, 2.05) is 20.8 Å². The minimum absolute atomic E-state index is 0.0520. The van der Waals surface area contributed by atoms with E-state index in [0.29, 0.717) is 30.7 Å². The van der Waals surface area contributed by atoms with Gasteiger partial charge in [0.15, 0.2) is 0 Å². The summed E-state index contributed by atoms with van der Waals surface area (Å²) in [6.45, 7) is 5.94. The van der Waals surface area contributed by atoms with Gasteiger partial charge in [-0.15, -0.1) is 0 Å². The number of phenols is 1. The minimum atomic E-state index is -0.743. The molecule has 0 aromatic heterocycles. The van der Waals surface area contributed by atoms with E-state index < -0.39 is 5.92 Å². The van der Waals surface area contributed by atoms with Crippen molar-refractivity contribution in [1.29, 1.82) is 0 Å². The van der Waals surface area contributed by atoms with Gasteiger partial charge in [-0.25, -0.2) is 0 Å². The van der Waals surface area contributed by atoms with Gasteiger partial charge in [0.2, 0.25) is 0 Å². The minimum Gasteiger partial charge on any atom is -0.506 e. The topological polar surface area (TPSA) is 66.7 Å². The van der Waals surface area contributed by atoms with Crippen LogP contribution < -0.4 is 0 Å². The zero-order valence-electron chi connectivity index (χ0n) is 13.4. The normalized spacial score (nSPS) is 22.8. The molecule has 2 rings (SSSR count). The molecule has 0 spiro atoms. The Morgan fingerprint density at radius 1 is 1.32 bits per heavy atom. The second-order valence-electron chi connectivity index (χ2n) is 6.73. The van der Waals surface area contributed by atoms with Gasteiger partial charge in [0.1, 0.15) is 28.9 Å². The second kappa shape index (κ2) is 6.42. The summed E-state index contributed by atoms with van der Waals surface area (Å²) >= 11 is 0. The van der Waals surface area contributed by atoms with Gasteiger partial charge in [-0.3, -0.25) is 14.6 Å². The summed E-state index contributed by atoms with van der Waals surface area (Å²) in [5.41, 5.74) is 0.794. The van der Waals surface area contributed by atoms with Crippen LogP contribution >= 0.6 is 0 Å². The average Bonchev–Trinajstić information content (AvgIpc) is 2.39. The first kappa shape index (κ1) is 16.4. The van der Waals surface area contributed by atoms with Crippen LogP contribution in [-0.2, 0) is 9.59 Å². The lowest BCUT2D eigenvalue weighted by atomic mass is 9.69. The fraction of sp³-hybridized carbons (Fsp3) is 0.500. The molecule has 0 saturated heterocycles. The number of para-hydroxylation sites is 2. The highest BCUT2D eigenvalue weighted by Gasteiger charge is 2.41. The largest absolute Gasteiger partial charge is 0.506 e. The highest BCUT2D eigenvalue weighted by atomic mass is 16.3. The number of rotatable bonds is 4. The zero-order chi connectivity index (χ0) is 16.3. The smallest absolute Gasteiger partial charge is 0.149 e. The molecule has 0 aliphatic heterocycles. The summed E-state index contributed by atoms with van der Waals surface area (Å²) in [5.74, 6) is -0.791. The van der Waals surface area contributed by atoms with Crippen LogP contribution in [0.3, 0.4) is 0 Å². The van der Waals surface area contributed by atoms with Crippen molar-refractivity contribution in [3.05, 3.63) is 24.3 Å². The number of carbonyl (C=O) groups excluding carboxylic acids is 2. The van der Waals surface area contributed by atoms with Gasteiger partial charge in [-0.1, -0.05) is 32.9 Å². The highest BCUT2D eigenvalue weighted by Crippen LogP contribution is 2.37. The van der Waals surface area contributed by atoms with E-state index in [0.717, 1.165) is 6.42 Å². The number of ketones is 2. The molecule has 0 radical (unpaired) electrons. The van der Waals surface area contributed by atoms with Crippen molar-refractivity contribution >= 4 is 23.0 Å². The molecule has 0 heterocycles. The molecule has 1 aromatic rings. The van der Waals surface area contributed by atoms with E-state index in [-0.39, 0.29) is 22.7 Å². The number of carbonyl (C=O) groups is 2. The lowest BCUT2D eigenvalue weighted by Gasteiger charge is -2.34. The lowest BCUT2D eigenvalue weighted by Crippen LogP contribution is -2.41. The summed E-state index contributed by atoms with van der Waals surface area (Å²) in [4.78, 5) is 29.3. The summed E-state index contributed by atoms with van der Waals surface area (Å²) < 4.78 is 0. The van der Waals surface area contributed by atoms with Crippen LogP contribution in [0.1, 0.15) is 46.5 Å². The Kier molecular flexibility index (Phi) is 4.79. The first-order valence-corrected chi connectivity index (χ1v) is 7.75. The van der Waals surface area contributed by atoms with Crippen molar-refractivity contribution in [3.63, 3.8) is 0 Å². The molecule has 1 aliphatic carbocycles. The predicted octanol–water partition coefficient (Wildman–Crippen LogP) is 3.84. The van der Waals surface area contributed by atoms with Crippen LogP contribution in [0.5, 0.6) is 5.75 Å². The van der Waals surface area contributed by atoms with Crippen LogP contribution in [0.2, 0.25) is 0 Å². The molecule has 1 aliphatic rings. The monoisotopic (exact) mass is 301 g/mol. The van der Waals surface area contributed by atoms with Crippen molar-refractivity contribution in [2.45, 2.75) is 46.5 Å². The van der Waals surface area contributed by atoms with Gasteiger partial charge in [0.05, 0.1) is 0 Å². The molecule has 1 atom stereocenters. The maximum Gasteiger partial charge on any atom is 0.149 e. The van der Waals surface area contributed by atoms with Crippen molar-refractivity contribution in [3.8, 4) is 5.75 Å². The third-order valence-electron chi connectivity index (χ3n) is 3.93. The summed E-state index contributed by atoms with van der Waals surface area (Å²) in [6.07, 6.45) is 2.09. The van der Waals surface area contributed by atoms with E-state index in [2.05, 4.69) is 4.99 Å². The molecule has 118 valence electrons. The molecule has 22 heavy (non-hydrogen) atoms. The Bertz CT molecular complexity index is 617. The standard InChI is InChI=1S/C18H23NO3/c1-4-7-15(21)17-13(10-18(2,3)11-16(17)22)19-12-8-5-6-9-14(12)20/h5-6,8-9,17,20H,4,7,10-11H2,1-3H3. The summed E-state index contributed by atoms with van der Waals surface area (Å²) in [6, 6.07) is 6.74. The van der Waals surface area contributed by atoms with Gasteiger partial charge >= 0.3 is 0 Å². The van der Waals surface area contributed by atoms with Crippen LogP contribution in [0.25, 0.3) is 0 Å². The summed E-state index contributed by atoms with van der Waals surface area (Å²) in [5, 5.41) is 9.89. The number of nitrogens with zero attached hydrogens (tertiary/aromatic N) is 1. The van der Waals surface area contributed by atoms with Gasteiger partial charge in [0.25, 0.3) is 0 Å². The molecule has 1 aromatic carbocycles. The van der Waals surface area contributed by atoms with Crippen LogP contribution in [0.15, 0.2) is 29.3 Å². The average molecular weight is 301 g/mol. The molecular weight excluding hydrogens is 278 g/mol. The summed E-state index contributed by atoms with van der Waals surface area (Å²) in [7, 11) is 0. The molecule has 0 amide bonds. The number of aromatic hydroxyl groups is 1. The third kappa shape index (κ3) is 3.62. The lowest BCUT2D eigenvalue weighted by molar-refractivity contribution is -0.131. The quantitative estimate of drug-likeness (QED) is 0.859. The first-order chi connectivity index (χ1) is 10.3. The fourth-order valence-electron chi connectivity index (χ4n) is 2.99. The molecule has 0 bridgehead atoms. The van der Waals surface area contributed by atoms with Gasteiger partial charge < -0.3 is 5.11 Å². The maximum absolute atomic E-state index is 12.4. The van der Waals surface area contributed by atoms with Gasteiger partial charge in [0, 0.05) is 18.6 Å². The number of phenolic OH excluding ortho intramolecular Hbond substituents is 1.